The third-order valence-corrected chi connectivity index (χ3v) is 1.79. The second-order valence-corrected chi connectivity index (χ2v) is 2.58. The molecule has 2 rings (SSSR count). The fourth-order valence-corrected chi connectivity index (χ4v) is 1.26. The molecule has 2 nitrogen and oxygen atoms in total. The maximum atomic E-state index is 5.40. The minimum atomic E-state index is 0.697. The molecule has 0 aromatic rings. The minimum Gasteiger partial charge on any atom is -0.486 e. The van der Waals surface area contributed by atoms with Crippen LogP contribution in [0.2, 0.25) is 0 Å². The van der Waals surface area contributed by atoms with Gasteiger partial charge >= 0.3 is 0 Å². The van der Waals surface area contributed by atoms with Crippen molar-refractivity contribution in [1.29, 1.82) is 0 Å². The first-order valence-electron chi connectivity index (χ1n) is 3.54. The van der Waals surface area contributed by atoms with Crippen LogP contribution in [0.5, 0.6) is 0 Å². The average Bonchev–Trinajstić information content (AvgIpc) is 2.34. The SMILES string of the molecule is CC1=C2OCCOC2=CC1. The van der Waals surface area contributed by atoms with E-state index < -0.39 is 0 Å². The highest BCUT2D eigenvalue weighted by Gasteiger charge is 2.20. The predicted octanol–water partition coefficient (Wildman–Crippen LogP) is 1.59. The van der Waals surface area contributed by atoms with Gasteiger partial charge in [0.1, 0.15) is 13.2 Å². The molecular formula is C8H10O2. The highest BCUT2D eigenvalue weighted by Crippen LogP contribution is 2.29. The van der Waals surface area contributed by atoms with Crippen molar-refractivity contribution in [3.63, 3.8) is 0 Å². The van der Waals surface area contributed by atoms with Crippen molar-refractivity contribution in [3.05, 3.63) is 23.2 Å². The molecule has 1 fully saturated rings. The second-order valence-electron chi connectivity index (χ2n) is 2.58. The van der Waals surface area contributed by atoms with E-state index in [1.54, 1.807) is 0 Å². The van der Waals surface area contributed by atoms with Crippen LogP contribution in [0, 0.1) is 0 Å². The number of rotatable bonds is 0. The number of ether oxygens (including phenoxy) is 2. The Kier molecular flexibility index (Phi) is 1.19. The lowest BCUT2D eigenvalue weighted by molar-refractivity contribution is 0.0602. The molecule has 0 unspecified atom stereocenters. The summed E-state index contributed by atoms with van der Waals surface area (Å²) in [7, 11) is 0. The third kappa shape index (κ3) is 0.719. The summed E-state index contributed by atoms with van der Waals surface area (Å²) in [6, 6.07) is 0. The van der Waals surface area contributed by atoms with Crippen molar-refractivity contribution < 1.29 is 9.47 Å². The van der Waals surface area contributed by atoms with Crippen LogP contribution in [-0.2, 0) is 9.47 Å². The molecule has 1 aliphatic carbocycles. The van der Waals surface area contributed by atoms with E-state index in [4.69, 9.17) is 9.47 Å². The minimum absolute atomic E-state index is 0.697. The van der Waals surface area contributed by atoms with Gasteiger partial charge in [-0.3, -0.25) is 0 Å². The van der Waals surface area contributed by atoms with E-state index >= 15 is 0 Å². The van der Waals surface area contributed by atoms with Crippen LogP contribution in [0.15, 0.2) is 23.2 Å². The van der Waals surface area contributed by atoms with Gasteiger partial charge in [-0.1, -0.05) is 0 Å². The Balaban J connectivity index is 2.29. The van der Waals surface area contributed by atoms with Crippen LogP contribution in [-0.4, -0.2) is 13.2 Å². The van der Waals surface area contributed by atoms with Crippen LogP contribution in [0.25, 0.3) is 0 Å². The molecule has 2 aliphatic rings. The van der Waals surface area contributed by atoms with Gasteiger partial charge in [-0.05, 0) is 25.0 Å². The first-order valence-corrected chi connectivity index (χ1v) is 3.54. The zero-order valence-corrected chi connectivity index (χ0v) is 6.02. The zero-order valence-electron chi connectivity index (χ0n) is 6.02. The van der Waals surface area contributed by atoms with E-state index in [1.165, 1.54) is 5.57 Å². The smallest absolute Gasteiger partial charge is 0.160 e. The Morgan fingerprint density at radius 1 is 1.30 bits per heavy atom. The third-order valence-electron chi connectivity index (χ3n) is 1.79. The molecule has 0 aromatic heterocycles. The lowest BCUT2D eigenvalue weighted by Gasteiger charge is -2.18. The van der Waals surface area contributed by atoms with Gasteiger partial charge in [0.05, 0.1) is 0 Å². The quantitative estimate of drug-likeness (QED) is 0.506. The standard InChI is InChI=1S/C8H10O2/c1-6-2-3-7-8(6)10-5-4-9-7/h3H,2,4-5H2,1H3. The molecule has 0 saturated carbocycles. The van der Waals surface area contributed by atoms with Crippen molar-refractivity contribution in [2.24, 2.45) is 0 Å². The van der Waals surface area contributed by atoms with Crippen molar-refractivity contribution in [2.45, 2.75) is 13.3 Å². The monoisotopic (exact) mass is 138 g/mol. The normalized spacial score (nSPS) is 23.1. The molecule has 2 heteroatoms. The fourth-order valence-electron chi connectivity index (χ4n) is 1.26. The van der Waals surface area contributed by atoms with E-state index in [-0.39, 0.29) is 0 Å². The van der Waals surface area contributed by atoms with Crippen LogP contribution < -0.4 is 0 Å². The summed E-state index contributed by atoms with van der Waals surface area (Å²) in [5, 5.41) is 0. The molecule has 1 heterocycles. The van der Waals surface area contributed by atoms with Crippen LogP contribution in [0.4, 0.5) is 0 Å². The molecule has 0 atom stereocenters. The fraction of sp³-hybridized carbons (Fsp3) is 0.500. The van der Waals surface area contributed by atoms with Crippen LogP contribution in [0.3, 0.4) is 0 Å². The Bertz CT molecular complexity index is 213. The van der Waals surface area contributed by atoms with Gasteiger partial charge in [-0.15, -0.1) is 0 Å². The van der Waals surface area contributed by atoms with Crippen molar-refractivity contribution in [2.75, 3.05) is 13.2 Å². The molecule has 1 saturated heterocycles. The zero-order chi connectivity index (χ0) is 6.97. The van der Waals surface area contributed by atoms with Gasteiger partial charge in [0.15, 0.2) is 11.5 Å². The second kappa shape index (κ2) is 2.04. The number of allylic oxidation sites excluding steroid dienone is 2. The topological polar surface area (TPSA) is 18.5 Å². The lowest BCUT2D eigenvalue weighted by atomic mass is 10.3. The van der Waals surface area contributed by atoms with E-state index in [9.17, 15) is 0 Å². The summed E-state index contributed by atoms with van der Waals surface area (Å²) in [6.45, 7) is 3.47. The van der Waals surface area contributed by atoms with Crippen molar-refractivity contribution >= 4 is 0 Å². The van der Waals surface area contributed by atoms with Gasteiger partial charge in [0.25, 0.3) is 0 Å². The summed E-state index contributed by atoms with van der Waals surface area (Å²) in [5.74, 6) is 1.93. The largest absolute Gasteiger partial charge is 0.486 e. The van der Waals surface area contributed by atoms with Crippen LogP contribution in [0.1, 0.15) is 13.3 Å². The van der Waals surface area contributed by atoms with E-state index in [1.807, 2.05) is 0 Å². The number of fused-ring (bicyclic) bond motifs is 1. The van der Waals surface area contributed by atoms with Gasteiger partial charge in [0, 0.05) is 0 Å². The molecule has 0 amide bonds. The molecule has 1 aliphatic heterocycles. The van der Waals surface area contributed by atoms with Crippen molar-refractivity contribution in [3.8, 4) is 0 Å². The molecule has 0 spiro atoms. The Labute approximate surface area is 60.1 Å². The summed E-state index contributed by atoms with van der Waals surface area (Å²) in [5.41, 5.74) is 1.29. The summed E-state index contributed by atoms with van der Waals surface area (Å²) in [4.78, 5) is 0. The van der Waals surface area contributed by atoms with Gasteiger partial charge < -0.3 is 9.47 Å². The Hall–Kier alpha value is -0.920. The van der Waals surface area contributed by atoms with Crippen LogP contribution >= 0.6 is 0 Å². The Morgan fingerprint density at radius 3 is 2.90 bits per heavy atom. The molecular weight excluding hydrogens is 128 g/mol. The first kappa shape index (κ1) is 5.83. The van der Waals surface area contributed by atoms with Crippen molar-refractivity contribution in [1.82, 2.24) is 0 Å². The molecule has 0 bridgehead atoms. The first-order chi connectivity index (χ1) is 4.88. The predicted molar refractivity (Wildman–Crippen MR) is 37.3 cm³/mol. The summed E-state index contributed by atoms with van der Waals surface area (Å²) >= 11 is 0. The summed E-state index contributed by atoms with van der Waals surface area (Å²) in [6.07, 6.45) is 3.06. The van der Waals surface area contributed by atoms with Gasteiger partial charge in [-0.2, -0.15) is 0 Å². The van der Waals surface area contributed by atoms with E-state index in [2.05, 4.69) is 13.0 Å². The van der Waals surface area contributed by atoms with E-state index in [0.717, 1.165) is 17.9 Å². The highest BCUT2D eigenvalue weighted by molar-refractivity contribution is 5.34. The molecule has 10 heavy (non-hydrogen) atoms. The molecule has 54 valence electrons. The number of hydrogen-bond donors (Lipinski definition) is 0. The summed E-state index contributed by atoms with van der Waals surface area (Å²) < 4.78 is 10.8. The lowest BCUT2D eigenvalue weighted by Crippen LogP contribution is -2.12. The van der Waals surface area contributed by atoms with Gasteiger partial charge in [0.2, 0.25) is 0 Å². The van der Waals surface area contributed by atoms with E-state index in [0.29, 0.717) is 13.2 Å². The molecule has 0 radical (unpaired) electrons. The molecule has 0 aromatic carbocycles. The number of hydrogen-bond acceptors (Lipinski definition) is 2. The maximum absolute atomic E-state index is 5.40. The maximum Gasteiger partial charge on any atom is 0.160 e. The van der Waals surface area contributed by atoms with Gasteiger partial charge in [-0.25, -0.2) is 0 Å². The average molecular weight is 138 g/mol. The molecule has 0 N–H and O–H groups in total. The highest BCUT2D eigenvalue weighted by atomic mass is 16.6. The Morgan fingerprint density at radius 2 is 2.10 bits per heavy atom.